The number of likely N-dealkylation sites (N-methyl/N-ethyl adjacent to an activating group) is 1. The molecule has 5 nitrogen and oxygen atoms in total. The summed E-state index contributed by atoms with van der Waals surface area (Å²) < 4.78 is 7.23. The van der Waals surface area contributed by atoms with Crippen molar-refractivity contribution in [3.8, 4) is 0 Å². The van der Waals surface area contributed by atoms with Gasteiger partial charge in [-0.1, -0.05) is 11.6 Å². The highest BCUT2D eigenvalue weighted by Gasteiger charge is 2.16. The highest BCUT2D eigenvalue weighted by atomic mass is 35.5. The van der Waals surface area contributed by atoms with Crippen molar-refractivity contribution < 1.29 is 4.74 Å². The third-order valence-electron chi connectivity index (χ3n) is 2.95. The number of hydrogen-bond acceptors (Lipinski definition) is 4. The van der Waals surface area contributed by atoms with Gasteiger partial charge in [0.05, 0.1) is 23.5 Å². The van der Waals surface area contributed by atoms with E-state index in [1.54, 1.807) is 6.20 Å². The predicted octanol–water partition coefficient (Wildman–Crippen LogP) is 1.91. The first-order chi connectivity index (χ1) is 9.06. The van der Waals surface area contributed by atoms with Crippen molar-refractivity contribution in [3.05, 3.63) is 16.9 Å². The van der Waals surface area contributed by atoms with Gasteiger partial charge in [-0.25, -0.2) is 0 Å². The van der Waals surface area contributed by atoms with E-state index < -0.39 is 0 Å². The van der Waals surface area contributed by atoms with E-state index >= 15 is 0 Å². The lowest BCUT2D eigenvalue weighted by Crippen LogP contribution is -2.23. The van der Waals surface area contributed by atoms with Crippen LogP contribution in [0, 0.1) is 0 Å². The Morgan fingerprint density at radius 2 is 2.26 bits per heavy atom. The van der Waals surface area contributed by atoms with Crippen molar-refractivity contribution in [1.82, 2.24) is 14.7 Å². The van der Waals surface area contributed by atoms with Crippen LogP contribution < -0.4 is 5.73 Å². The number of ether oxygens (including phenoxy) is 1. The molecule has 1 aromatic heterocycles. The molecule has 1 unspecified atom stereocenters. The average molecular weight is 289 g/mol. The number of hydrogen-bond donors (Lipinski definition) is 1. The van der Waals surface area contributed by atoms with Gasteiger partial charge < -0.3 is 15.4 Å². The Hall–Kier alpha value is -0.620. The maximum atomic E-state index is 6.22. The Kier molecular flexibility index (Phi) is 7.38. The van der Waals surface area contributed by atoms with Crippen LogP contribution in [0.5, 0.6) is 0 Å². The Labute approximate surface area is 120 Å². The van der Waals surface area contributed by atoms with Crippen molar-refractivity contribution in [2.45, 2.75) is 32.4 Å². The molecule has 0 spiro atoms. The van der Waals surface area contributed by atoms with E-state index in [-0.39, 0.29) is 6.04 Å². The SMILES string of the molecule is CCOCCCC(N)c1c(Cl)cnn1CCN(C)C. The van der Waals surface area contributed by atoms with Gasteiger partial charge in [-0.15, -0.1) is 0 Å². The Morgan fingerprint density at radius 1 is 1.53 bits per heavy atom. The standard InChI is InChI=1S/C13H25ClN4O/c1-4-19-9-5-6-12(15)13-11(14)10-16-18(13)8-7-17(2)3/h10,12H,4-9,15H2,1-3H3. The summed E-state index contributed by atoms with van der Waals surface area (Å²) in [6.45, 7) is 5.20. The molecule has 0 aliphatic heterocycles. The molecule has 0 radical (unpaired) electrons. The van der Waals surface area contributed by atoms with E-state index in [9.17, 15) is 0 Å². The number of nitrogens with two attached hydrogens (primary N) is 1. The molecule has 2 N–H and O–H groups in total. The maximum absolute atomic E-state index is 6.22. The summed E-state index contributed by atoms with van der Waals surface area (Å²) >= 11 is 6.19. The van der Waals surface area contributed by atoms with Crippen LogP contribution in [-0.2, 0) is 11.3 Å². The van der Waals surface area contributed by atoms with Gasteiger partial charge in [0.1, 0.15) is 0 Å². The minimum Gasteiger partial charge on any atom is -0.382 e. The van der Waals surface area contributed by atoms with Gasteiger partial charge >= 0.3 is 0 Å². The van der Waals surface area contributed by atoms with Crippen LogP contribution in [0.15, 0.2) is 6.20 Å². The van der Waals surface area contributed by atoms with Crippen LogP contribution in [-0.4, -0.2) is 48.5 Å². The van der Waals surface area contributed by atoms with Crippen LogP contribution in [0.25, 0.3) is 0 Å². The smallest absolute Gasteiger partial charge is 0.0834 e. The van der Waals surface area contributed by atoms with Crippen molar-refractivity contribution in [3.63, 3.8) is 0 Å². The number of aromatic nitrogens is 2. The lowest BCUT2D eigenvalue weighted by atomic mass is 10.1. The molecule has 19 heavy (non-hydrogen) atoms. The second-order valence-electron chi connectivity index (χ2n) is 4.85. The largest absolute Gasteiger partial charge is 0.382 e. The highest BCUT2D eigenvalue weighted by molar-refractivity contribution is 6.31. The molecule has 0 saturated heterocycles. The molecule has 0 aromatic carbocycles. The van der Waals surface area contributed by atoms with E-state index in [4.69, 9.17) is 22.1 Å². The summed E-state index contributed by atoms with van der Waals surface area (Å²) in [4.78, 5) is 2.11. The van der Waals surface area contributed by atoms with Gasteiger partial charge in [0.2, 0.25) is 0 Å². The first-order valence-corrected chi connectivity index (χ1v) is 7.13. The first kappa shape index (κ1) is 16.4. The molecule has 0 aliphatic rings. The monoisotopic (exact) mass is 288 g/mol. The van der Waals surface area contributed by atoms with Crippen LogP contribution in [0.3, 0.4) is 0 Å². The Balaban J connectivity index is 2.56. The fourth-order valence-electron chi connectivity index (χ4n) is 1.90. The molecule has 110 valence electrons. The van der Waals surface area contributed by atoms with Crippen molar-refractivity contribution in [1.29, 1.82) is 0 Å². The van der Waals surface area contributed by atoms with E-state index in [0.29, 0.717) is 5.02 Å². The third kappa shape index (κ3) is 5.48. The number of halogens is 1. The number of rotatable bonds is 9. The molecule has 1 rings (SSSR count). The normalized spacial score (nSPS) is 13.2. The summed E-state index contributed by atoms with van der Waals surface area (Å²) in [5, 5.41) is 4.96. The topological polar surface area (TPSA) is 56.3 Å². The molecule has 6 heteroatoms. The summed E-state index contributed by atoms with van der Waals surface area (Å²) in [7, 11) is 4.07. The summed E-state index contributed by atoms with van der Waals surface area (Å²) in [5.74, 6) is 0. The second kappa shape index (κ2) is 8.53. The van der Waals surface area contributed by atoms with Crippen LogP contribution in [0.2, 0.25) is 5.02 Å². The van der Waals surface area contributed by atoms with E-state index in [1.165, 1.54) is 0 Å². The Morgan fingerprint density at radius 3 is 2.89 bits per heavy atom. The van der Waals surface area contributed by atoms with Crippen LogP contribution in [0.1, 0.15) is 31.5 Å². The lowest BCUT2D eigenvalue weighted by molar-refractivity contribution is 0.141. The minimum atomic E-state index is -0.0855. The van der Waals surface area contributed by atoms with Gasteiger partial charge in [-0.3, -0.25) is 4.68 Å². The van der Waals surface area contributed by atoms with Gasteiger partial charge in [-0.05, 0) is 33.9 Å². The van der Waals surface area contributed by atoms with Gasteiger partial charge in [0, 0.05) is 25.8 Å². The quantitative estimate of drug-likeness (QED) is 0.705. The van der Waals surface area contributed by atoms with Crippen molar-refractivity contribution >= 4 is 11.6 Å². The average Bonchev–Trinajstić information content (AvgIpc) is 2.73. The summed E-state index contributed by atoms with van der Waals surface area (Å²) in [6, 6.07) is -0.0855. The molecule has 0 aliphatic carbocycles. The van der Waals surface area contributed by atoms with E-state index in [2.05, 4.69) is 10.00 Å². The molecule has 0 amide bonds. The van der Waals surface area contributed by atoms with Gasteiger partial charge in [-0.2, -0.15) is 5.10 Å². The van der Waals surface area contributed by atoms with Crippen LogP contribution in [0.4, 0.5) is 0 Å². The molecule has 1 atom stereocenters. The maximum Gasteiger partial charge on any atom is 0.0834 e. The van der Waals surface area contributed by atoms with E-state index in [1.807, 2.05) is 25.7 Å². The summed E-state index contributed by atoms with van der Waals surface area (Å²) in [6.07, 6.45) is 3.46. The molecule has 0 fully saturated rings. The molecular weight excluding hydrogens is 264 g/mol. The number of nitrogens with zero attached hydrogens (tertiary/aromatic N) is 3. The molecule has 1 heterocycles. The first-order valence-electron chi connectivity index (χ1n) is 6.75. The lowest BCUT2D eigenvalue weighted by Gasteiger charge is -2.16. The van der Waals surface area contributed by atoms with E-state index in [0.717, 1.165) is 44.8 Å². The summed E-state index contributed by atoms with van der Waals surface area (Å²) in [5.41, 5.74) is 7.15. The van der Waals surface area contributed by atoms with Gasteiger partial charge in [0.25, 0.3) is 0 Å². The van der Waals surface area contributed by atoms with Crippen LogP contribution >= 0.6 is 11.6 Å². The van der Waals surface area contributed by atoms with Crippen molar-refractivity contribution in [2.75, 3.05) is 33.9 Å². The molecule has 0 bridgehead atoms. The minimum absolute atomic E-state index is 0.0855. The third-order valence-corrected chi connectivity index (χ3v) is 3.24. The predicted molar refractivity (Wildman–Crippen MR) is 78.4 cm³/mol. The zero-order valence-corrected chi connectivity index (χ0v) is 12.9. The highest BCUT2D eigenvalue weighted by Crippen LogP contribution is 2.24. The molecule has 1 aromatic rings. The Bertz CT molecular complexity index is 368. The van der Waals surface area contributed by atoms with Crippen molar-refractivity contribution in [2.24, 2.45) is 5.73 Å². The fourth-order valence-corrected chi connectivity index (χ4v) is 2.18. The zero-order valence-electron chi connectivity index (χ0n) is 12.1. The fraction of sp³-hybridized carbons (Fsp3) is 0.769. The second-order valence-corrected chi connectivity index (χ2v) is 5.26. The van der Waals surface area contributed by atoms with Gasteiger partial charge in [0.15, 0.2) is 0 Å². The zero-order chi connectivity index (χ0) is 14.3. The molecular formula is C13H25ClN4O. The molecule has 0 saturated carbocycles.